The molecule has 1 unspecified atom stereocenters. The van der Waals surface area contributed by atoms with Gasteiger partial charge in [0.05, 0.1) is 12.6 Å². The van der Waals surface area contributed by atoms with Crippen LogP contribution in [-0.2, 0) is 4.79 Å². The summed E-state index contributed by atoms with van der Waals surface area (Å²) in [5.74, 6) is -1.00. The lowest BCUT2D eigenvalue weighted by atomic mass is 9.90. The Kier molecular flexibility index (Phi) is 3.45. The number of aliphatic carboxylic acids is 1. The fourth-order valence-electron chi connectivity index (χ4n) is 1.80. The summed E-state index contributed by atoms with van der Waals surface area (Å²) in [7, 11) is 0. The van der Waals surface area contributed by atoms with Gasteiger partial charge < -0.3 is 5.11 Å². The van der Waals surface area contributed by atoms with Gasteiger partial charge in [-0.3, -0.25) is 4.79 Å². The summed E-state index contributed by atoms with van der Waals surface area (Å²) in [6.45, 7) is 0. The zero-order valence-corrected chi connectivity index (χ0v) is 9.15. The number of carbonyl (C=O) groups is 1. The Balaban J connectivity index is 2.36. The molecule has 4 nitrogen and oxygen atoms in total. The van der Waals surface area contributed by atoms with Crippen molar-refractivity contribution < 1.29 is 9.90 Å². The van der Waals surface area contributed by atoms with Crippen molar-refractivity contribution in [3.8, 4) is 0 Å². The second-order valence-corrected chi connectivity index (χ2v) is 3.74. The largest absolute Gasteiger partial charge is 0.481 e. The number of aromatic nitrogens is 2. The van der Waals surface area contributed by atoms with Crippen LogP contribution in [-0.4, -0.2) is 21.3 Å². The van der Waals surface area contributed by atoms with E-state index in [4.69, 9.17) is 5.11 Å². The van der Waals surface area contributed by atoms with E-state index < -0.39 is 5.97 Å². The van der Waals surface area contributed by atoms with Crippen LogP contribution in [0.3, 0.4) is 0 Å². The van der Waals surface area contributed by atoms with Crippen molar-refractivity contribution in [1.82, 2.24) is 10.2 Å². The molecule has 0 fully saturated rings. The first-order valence-electron chi connectivity index (χ1n) is 5.30. The minimum absolute atomic E-state index is 0.0513. The third-order valence-corrected chi connectivity index (χ3v) is 2.59. The molecular formula is C13H12N2O2. The fraction of sp³-hybridized carbons (Fsp3) is 0.154. The highest BCUT2D eigenvalue weighted by Gasteiger charge is 2.17. The van der Waals surface area contributed by atoms with Gasteiger partial charge in [0.25, 0.3) is 0 Å². The molecule has 2 rings (SSSR count). The van der Waals surface area contributed by atoms with Crippen LogP contribution >= 0.6 is 0 Å². The topological polar surface area (TPSA) is 63.1 Å². The normalized spacial score (nSPS) is 12.0. The van der Waals surface area contributed by atoms with Gasteiger partial charge in [-0.15, -0.1) is 0 Å². The van der Waals surface area contributed by atoms with Gasteiger partial charge in [0.1, 0.15) is 0 Å². The van der Waals surface area contributed by atoms with Crippen LogP contribution in [0, 0.1) is 0 Å². The lowest BCUT2D eigenvalue weighted by Crippen LogP contribution is -2.08. The number of carboxylic acid groups (broad SMARTS) is 1. The third kappa shape index (κ3) is 2.87. The predicted octanol–water partition coefficient (Wildman–Crippen LogP) is 2.08. The smallest absolute Gasteiger partial charge is 0.304 e. The molecule has 1 aromatic carbocycles. The Morgan fingerprint density at radius 1 is 1.12 bits per heavy atom. The molecule has 0 saturated carbocycles. The monoisotopic (exact) mass is 228 g/mol. The van der Waals surface area contributed by atoms with E-state index in [0.29, 0.717) is 0 Å². The second-order valence-electron chi connectivity index (χ2n) is 3.74. The number of benzene rings is 1. The zero-order chi connectivity index (χ0) is 12.1. The van der Waals surface area contributed by atoms with Crippen molar-refractivity contribution in [3.05, 3.63) is 59.9 Å². The Hall–Kier alpha value is -2.23. The maximum atomic E-state index is 10.9. The van der Waals surface area contributed by atoms with E-state index in [-0.39, 0.29) is 12.3 Å². The minimum atomic E-state index is -0.823. The Morgan fingerprint density at radius 3 is 2.47 bits per heavy atom. The summed E-state index contributed by atoms with van der Waals surface area (Å²) < 4.78 is 0. The average Bonchev–Trinajstić information content (AvgIpc) is 2.38. The number of hydrogen-bond donors (Lipinski definition) is 1. The zero-order valence-electron chi connectivity index (χ0n) is 9.15. The van der Waals surface area contributed by atoms with Crippen LogP contribution in [0.5, 0.6) is 0 Å². The first kappa shape index (κ1) is 11.3. The summed E-state index contributed by atoms with van der Waals surface area (Å²) in [5, 5.41) is 16.5. The van der Waals surface area contributed by atoms with Gasteiger partial charge in [-0.25, -0.2) is 0 Å². The van der Waals surface area contributed by atoms with Crippen LogP contribution in [0.15, 0.2) is 48.8 Å². The van der Waals surface area contributed by atoms with Gasteiger partial charge in [-0.1, -0.05) is 30.3 Å². The van der Waals surface area contributed by atoms with E-state index in [1.807, 2.05) is 30.3 Å². The summed E-state index contributed by atoms with van der Waals surface area (Å²) in [6, 6.07) is 11.4. The molecule has 0 radical (unpaired) electrons. The Morgan fingerprint density at radius 2 is 1.88 bits per heavy atom. The van der Waals surface area contributed by atoms with Crippen LogP contribution in [0.1, 0.15) is 23.5 Å². The van der Waals surface area contributed by atoms with Crippen LogP contribution in [0.4, 0.5) is 0 Å². The van der Waals surface area contributed by atoms with Gasteiger partial charge in [0, 0.05) is 12.1 Å². The number of nitrogens with zero attached hydrogens (tertiary/aromatic N) is 2. The standard InChI is InChI=1S/C13H12N2O2/c16-13(17)8-12(10-4-2-1-3-5-10)11-6-7-14-15-9-11/h1-7,9,12H,8H2,(H,16,17). The molecule has 0 saturated heterocycles. The van der Waals surface area contributed by atoms with E-state index in [1.165, 1.54) is 0 Å². The van der Waals surface area contributed by atoms with Crippen molar-refractivity contribution in [2.24, 2.45) is 0 Å². The second kappa shape index (κ2) is 5.21. The number of rotatable bonds is 4. The van der Waals surface area contributed by atoms with Gasteiger partial charge in [0.2, 0.25) is 0 Å². The molecule has 1 atom stereocenters. The molecule has 1 N–H and O–H groups in total. The van der Waals surface area contributed by atoms with Gasteiger partial charge in [-0.2, -0.15) is 10.2 Å². The minimum Gasteiger partial charge on any atom is -0.481 e. The van der Waals surface area contributed by atoms with Gasteiger partial charge in [0.15, 0.2) is 0 Å². The lowest BCUT2D eigenvalue weighted by Gasteiger charge is -2.14. The highest BCUT2D eigenvalue weighted by Crippen LogP contribution is 2.26. The van der Waals surface area contributed by atoms with E-state index in [0.717, 1.165) is 11.1 Å². The maximum absolute atomic E-state index is 10.9. The molecule has 0 aliphatic carbocycles. The highest BCUT2D eigenvalue weighted by atomic mass is 16.4. The van der Waals surface area contributed by atoms with Crippen molar-refractivity contribution in [3.63, 3.8) is 0 Å². The SMILES string of the molecule is O=C(O)CC(c1ccccc1)c1ccnnc1. The Labute approximate surface area is 98.9 Å². The molecule has 0 aliphatic heterocycles. The molecule has 4 heteroatoms. The molecule has 0 amide bonds. The first-order valence-corrected chi connectivity index (χ1v) is 5.30. The van der Waals surface area contributed by atoms with E-state index in [9.17, 15) is 4.79 Å². The summed E-state index contributed by atoms with van der Waals surface area (Å²) in [5.41, 5.74) is 1.84. The van der Waals surface area contributed by atoms with Crippen molar-refractivity contribution in [2.75, 3.05) is 0 Å². The molecule has 1 heterocycles. The first-order chi connectivity index (χ1) is 8.27. The van der Waals surface area contributed by atoms with Gasteiger partial charge in [-0.05, 0) is 17.2 Å². The molecule has 0 aliphatic rings. The molecule has 1 aromatic heterocycles. The van der Waals surface area contributed by atoms with Crippen molar-refractivity contribution in [1.29, 1.82) is 0 Å². The van der Waals surface area contributed by atoms with E-state index in [1.54, 1.807) is 18.5 Å². The van der Waals surface area contributed by atoms with Crippen LogP contribution < -0.4 is 0 Å². The van der Waals surface area contributed by atoms with Gasteiger partial charge >= 0.3 is 5.97 Å². The molecule has 0 bridgehead atoms. The Bertz CT molecular complexity index is 446. The van der Waals surface area contributed by atoms with Crippen molar-refractivity contribution >= 4 is 5.97 Å². The van der Waals surface area contributed by atoms with Crippen LogP contribution in [0.2, 0.25) is 0 Å². The molecule has 2 aromatic rings. The summed E-state index contributed by atoms with van der Waals surface area (Å²) >= 11 is 0. The number of hydrogen-bond acceptors (Lipinski definition) is 3. The summed E-state index contributed by atoms with van der Waals surface area (Å²) in [6.07, 6.45) is 3.24. The van der Waals surface area contributed by atoms with E-state index in [2.05, 4.69) is 10.2 Å². The molecule has 17 heavy (non-hydrogen) atoms. The fourth-order valence-corrected chi connectivity index (χ4v) is 1.80. The lowest BCUT2D eigenvalue weighted by molar-refractivity contribution is -0.137. The van der Waals surface area contributed by atoms with Crippen LogP contribution in [0.25, 0.3) is 0 Å². The molecule has 86 valence electrons. The predicted molar refractivity (Wildman–Crippen MR) is 62.6 cm³/mol. The summed E-state index contributed by atoms with van der Waals surface area (Å²) in [4.78, 5) is 10.9. The van der Waals surface area contributed by atoms with Crippen molar-refractivity contribution in [2.45, 2.75) is 12.3 Å². The number of carboxylic acids is 1. The quantitative estimate of drug-likeness (QED) is 0.870. The average molecular weight is 228 g/mol. The maximum Gasteiger partial charge on any atom is 0.304 e. The third-order valence-electron chi connectivity index (χ3n) is 2.59. The van der Waals surface area contributed by atoms with E-state index >= 15 is 0 Å². The molecule has 0 spiro atoms. The molecular weight excluding hydrogens is 216 g/mol. The highest BCUT2D eigenvalue weighted by molar-refractivity contribution is 5.69.